The topological polar surface area (TPSA) is 25.8 Å². The second-order valence-electron chi connectivity index (χ2n) is 21.7. The van der Waals surface area contributed by atoms with E-state index in [0.717, 1.165) is 17.5 Å². The molecule has 54 heavy (non-hydrogen) atoms. The summed E-state index contributed by atoms with van der Waals surface area (Å²) in [6.07, 6.45) is 16.7. The van der Waals surface area contributed by atoms with Gasteiger partial charge in [-0.2, -0.15) is 0 Å². The summed E-state index contributed by atoms with van der Waals surface area (Å²) in [7, 11) is 0. The summed E-state index contributed by atoms with van der Waals surface area (Å²) >= 11 is 1.77. The minimum absolute atomic E-state index is 0.322. The Kier molecular flexibility index (Phi) is 18.2. The molecule has 0 N–H and O–H groups in total. The fraction of sp³-hybridized carbons (Fsp3) is 0.725. The van der Waals surface area contributed by atoms with Crippen molar-refractivity contribution >= 4 is 11.3 Å². The van der Waals surface area contributed by atoms with Crippen LogP contribution in [0, 0.1) is 40.4 Å². The van der Waals surface area contributed by atoms with Crippen LogP contribution in [0.25, 0.3) is 0 Å². The maximum atomic E-state index is 4.50. The van der Waals surface area contributed by atoms with E-state index in [4.69, 9.17) is 0 Å². The number of rotatable bonds is 5. The van der Waals surface area contributed by atoms with Gasteiger partial charge < -0.3 is 0 Å². The Hall–Kier alpha value is -2.00. The van der Waals surface area contributed by atoms with Crippen molar-refractivity contribution in [1.29, 1.82) is 0 Å². The molecule has 2 aromatic heterocycles. The van der Waals surface area contributed by atoms with E-state index in [1.54, 1.807) is 16.9 Å². The third-order valence-electron chi connectivity index (χ3n) is 13.5. The zero-order chi connectivity index (χ0) is 41.1. The van der Waals surface area contributed by atoms with E-state index in [2.05, 4.69) is 170 Å². The van der Waals surface area contributed by atoms with Crippen molar-refractivity contribution in [2.75, 3.05) is 0 Å². The third-order valence-corrected chi connectivity index (χ3v) is 14.7. The molecule has 0 amide bonds. The molecule has 2 fully saturated rings. The van der Waals surface area contributed by atoms with Crippen LogP contribution in [0.3, 0.4) is 0 Å². The molecule has 2 saturated carbocycles. The molecular weight excluding hydrogens is 673 g/mol. The molecule has 0 radical (unpaired) electrons. The van der Waals surface area contributed by atoms with E-state index in [1.807, 2.05) is 18.5 Å². The lowest BCUT2D eigenvalue weighted by atomic mass is 9.61. The van der Waals surface area contributed by atoms with Gasteiger partial charge in [-0.25, -0.2) is 4.98 Å². The average molecular weight is 759 g/mol. The van der Waals surface area contributed by atoms with Crippen LogP contribution in [0.5, 0.6) is 0 Å². The lowest BCUT2D eigenvalue weighted by molar-refractivity contribution is 0.141. The van der Waals surface area contributed by atoms with E-state index < -0.39 is 0 Å². The van der Waals surface area contributed by atoms with Gasteiger partial charge >= 0.3 is 0 Å². The Morgan fingerprint density at radius 3 is 1.57 bits per heavy atom. The van der Waals surface area contributed by atoms with E-state index in [0.29, 0.717) is 44.8 Å². The molecule has 1 aromatic carbocycles. The van der Waals surface area contributed by atoms with Crippen LogP contribution in [0.2, 0.25) is 0 Å². The number of hydrogen-bond acceptors (Lipinski definition) is 3. The zero-order valence-corrected chi connectivity index (χ0v) is 39.6. The maximum absolute atomic E-state index is 4.50. The first-order valence-corrected chi connectivity index (χ1v) is 22.6. The molecule has 0 aliphatic heterocycles. The summed E-state index contributed by atoms with van der Waals surface area (Å²) in [6.45, 7) is 41.4. The fourth-order valence-corrected chi connectivity index (χ4v) is 9.15. The molecule has 3 atom stereocenters. The molecule has 2 heterocycles. The summed E-state index contributed by atoms with van der Waals surface area (Å²) in [5, 5.41) is 3.39. The number of aromatic nitrogens is 2. The molecule has 0 spiro atoms. The number of hydrogen-bond donors (Lipinski definition) is 0. The Morgan fingerprint density at radius 1 is 0.648 bits per heavy atom. The Morgan fingerprint density at radius 2 is 1.19 bits per heavy atom. The molecule has 306 valence electrons. The second-order valence-corrected chi connectivity index (χ2v) is 22.5. The van der Waals surface area contributed by atoms with Gasteiger partial charge in [-0.05, 0) is 87.9 Å². The number of aryl methyl sites for hydroxylation is 1. The van der Waals surface area contributed by atoms with Crippen LogP contribution in [-0.2, 0) is 5.41 Å². The van der Waals surface area contributed by atoms with Gasteiger partial charge in [0.15, 0.2) is 0 Å². The fourth-order valence-electron chi connectivity index (χ4n) is 8.05. The van der Waals surface area contributed by atoms with E-state index in [-0.39, 0.29) is 0 Å². The minimum Gasteiger partial charge on any atom is -0.264 e. The largest absolute Gasteiger partial charge is 0.264 e. The zero-order valence-electron chi connectivity index (χ0n) is 38.7. The predicted molar refractivity (Wildman–Crippen MR) is 242 cm³/mol. The third kappa shape index (κ3) is 14.5. The van der Waals surface area contributed by atoms with Crippen LogP contribution >= 0.6 is 11.3 Å². The van der Waals surface area contributed by atoms with Gasteiger partial charge in [0.25, 0.3) is 0 Å². The number of pyridine rings is 1. The Bertz CT molecular complexity index is 1440. The first kappa shape index (κ1) is 48.1. The average Bonchev–Trinajstić information content (AvgIpc) is 3.78. The molecule has 2 aliphatic carbocycles. The van der Waals surface area contributed by atoms with Crippen LogP contribution in [0.15, 0.2) is 54.2 Å². The summed E-state index contributed by atoms with van der Waals surface area (Å²) in [4.78, 5) is 8.61. The van der Waals surface area contributed by atoms with Crippen molar-refractivity contribution < 1.29 is 0 Å². The number of benzene rings is 1. The van der Waals surface area contributed by atoms with Gasteiger partial charge in [-0.3, -0.25) is 4.98 Å². The monoisotopic (exact) mass is 759 g/mol. The predicted octanol–water partition coefficient (Wildman–Crippen LogP) is 16.7. The van der Waals surface area contributed by atoms with Crippen LogP contribution in [0.1, 0.15) is 221 Å². The van der Waals surface area contributed by atoms with Gasteiger partial charge in [-0.1, -0.05) is 193 Å². The SMILES string of the molecule is CC(C)c1ccc(C2(C(C)(C)C)CCCC2)cc1.C[C@@H](C1CCCCC1)C(C)(C)C.C[C@@H](c1cccnc1)C(C)(C)C.Cc1csc([C@H](C)C(C)(C)C)n1. The smallest absolute Gasteiger partial charge is 0.0961 e. The van der Waals surface area contributed by atoms with Gasteiger partial charge in [0, 0.05) is 34.8 Å². The van der Waals surface area contributed by atoms with Crippen molar-refractivity contribution in [1.82, 2.24) is 9.97 Å². The highest BCUT2D eigenvalue weighted by Crippen LogP contribution is 2.53. The molecule has 3 aromatic rings. The molecule has 3 heteroatoms. The standard InChI is InChI=1S/C18H28.C12H24.C11H17N.C10H17NS/c1-14(2)15-8-10-16(11-9-15)18(17(3,4)5)12-6-7-13-18;1-10(12(2,3)4)11-8-6-5-7-9-11;1-9(11(2,3)4)10-6-5-7-12-8-10;1-7-6-12-9(11-7)8(2)10(3,4)5/h8-11,14H,6-7,12-13H2,1-5H3;10-11H,5-9H2,1-4H3;5-9H,1-4H3;6,8H,1-5H3/t;10-;9-;8-/m.000/s1. The van der Waals surface area contributed by atoms with Crippen molar-refractivity contribution in [3.63, 3.8) is 0 Å². The molecular formula is C51H86N2S. The van der Waals surface area contributed by atoms with E-state index in [1.165, 1.54) is 73.9 Å². The highest BCUT2D eigenvalue weighted by molar-refractivity contribution is 7.09. The van der Waals surface area contributed by atoms with Gasteiger partial charge in [-0.15, -0.1) is 11.3 Å². The highest BCUT2D eigenvalue weighted by atomic mass is 32.1. The lowest BCUT2D eigenvalue weighted by Gasteiger charge is -2.43. The van der Waals surface area contributed by atoms with Crippen molar-refractivity contribution in [3.8, 4) is 0 Å². The molecule has 2 aliphatic rings. The molecule has 0 unspecified atom stereocenters. The van der Waals surface area contributed by atoms with E-state index >= 15 is 0 Å². The molecule has 0 bridgehead atoms. The normalized spacial score (nSPS) is 18.3. The first-order chi connectivity index (χ1) is 24.8. The van der Waals surface area contributed by atoms with Gasteiger partial charge in [0.05, 0.1) is 5.01 Å². The second kappa shape index (κ2) is 20.4. The first-order valence-electron chi connectivity index (χ1n) is 21.7. The van der Waals surface area contributed by atoms with Crippen molar-refractivity contribution in [2.24, 2.45) is 33.5 Å². The summed E-state index contributed by atoms with van der Waals surface area (Å²) in [6, 6.07) is 13.6. The summed E-state index contributed by atoms with van der Waals surface area (Å²) < 4.78 is 0. The van der Waals surface area contributed by atoms with Crippen molar-refractivity contribution in [3.05, 3.63) is 81.6 Å². The van der Waals surface area contributed by atoms with E-state index in [9.17, 15) is 0 Å². The summed E-state index contributed by atoms with van der Waals surface area (Å²) in [5.41, 5.74) is 7.43. The quantitative estimate of drug-likeness (QED) is 0.259. The van der Waals surface area contributed by atoms with Crippen LogP contribution in [-0.4, -0.2) is 9.97 Å². The van der Waals surface area contributed by atoms with Gasteiger partial charge in [0.1, 0.15) is 0 Å². The maximum Gasteiger partial charge on any atom is 0.0961 e. The minimum atomic E-state index is 0.322. The number of thiazole rings is 1. The van der Waals surface area contributed by atoms with Crippen molar-refractivity contribution in [2.45, 2.75) is 206 Å². The molecule has 5 rings (SSSR count). The molecule has 2 nitrogen and oxygen atoms in total. The Balaban J connectivity index is 0.000000254. The Labute approximate surface area is 340 Å². The van der Waals surface area contributed by atoms with Crippen LogP contribution < -0.4 is 0 Å². The summed E-state index contributed by atoms with van der Waals surface area (Å²) in [5.74, 6) is 3.66. The van der Waals surface area contributed by atoms with Crippen LogP contribution in [0.4, 0.5) is 0 Å². The molecule has 0 saturated heterocycles. The van der Waals surface area contributed by atoms with Gasteiger partial charge in [0.2, 0.25) is 0 Å². The number of nitrogens with zero attached hydrogens (tertiary/aromatic N) is 2. The highest BCUT2D eigenvalue weighted by Gasteiger charge is 2.45. The lowest BCUT2D eigenvalue weighted by Crippen LogP contribution is -2.37.